The maximum absolute atomic E-state index is 8.25. The van der Waals surface area contributed by atoms with Gasteiger partial charge in [-0.15, -0.1) is 0 Å². The predicted octanol–water partition coefficient (Wildman–Crippen LogP) is -0.974. The molecule has 0 bridgehead atoms. The summed E-state index contributed by atoms with van der Waals surface area (Å²) >= 11 is 0. The van der Waals surface area contributed by atoms with Crippen molar-refractivity contribution in [1.82, 2.24) is 4.90 Å². The lowest BCUT2D eigenvalue weighted by Gasteiger charge is -2.09. The zero-order valence-corrected chi connectivity index (χ0v) is 7.19. The second-order valence-electron chi connectivity index (χ2n) is 2.47. The molecule has 0 radical (unpaired) electrons. The number of nitrogens with one attached hydrogen (secondary N) is 1. The second-order valence-corrected chi connectivity index (χ2v) is 2.47. The Bertz CT molecular complexity index is 167. The summed E-state index contributed by atoms with van der Waals surface area (Å²) in [6, 6.07) is 0. The summed E-state index contributed by atoms with van der Waals surface area (Å²) in [4.78, 5) is 12.0. The predicted molar refractivity (Wildman–Crippen MR) is 43.6 cm³/mol. The topological polar surface area (TPSA) is 73.9 Å². The molecule has 0 aromatic carbocycles. The molecule has 1 rings (SSSR count). The van der Waals surface area contributed by atoms with E-state index in [9.17, 15) is 0 Å². The smallest absolute Gasteiger partial charge is 0.156 e. The molecule has 0 aromatic rings. The van der Waals surface area contributed by atoms with Gasteiger partial charge >= 0.3 is 0 Å². The van der Waals surface area contributed by atoms with Gasteiger partial charge in [-0.1, -0.05) is 0 Å². The van der Waals surface area contributed by atoms with Gasteiger partial charge < -0.3 is 20.2 Å². The molecule has 6 nitrogen and oxygen atoms in total. The molecule has 12 heavy (non-hydrogen) atoms. The molecular formula is C6H13N3O3. The first kappa shape index (κ1) is 10.7. The van der Waals surface area contributed by atoms with E-state index >= 15 is 0 Å². The van der Waals surface area contributed by atoms with Crippen LogP contribution in [0.25, 0.3) is 0 Å². The largest absolute Gasteiger partial charge is 0.356 e. The van der Waals surface area contributed by atoms with Crippen LogP contribution in [0.3, 0.4) is 0 Å². The highest BCUT2D eigenvalue weighted by atomic mass is 16.9. The van der Waals surface area contributed by atoms with Crippen molar-refractivity contribution >= 4 is 0 Å². The molecule has 0 saturated heterocycles. The van der Waals surface area contributed by atoms with Gasteiger partial charge in [-0.05, 0) is 6.92 Å². The Kier molecular flexibility index (Phi) is 4.78. The molecule has 0 saturated carbocycles. The van der Waals surface area contributed by atoms with Crippen LogP contribution in [0, 0.1) is 15.3 Å². The van der Waals surface area contributed by atoms with E-state index in [1.54, 1.807) is 0 Å². The molecule has 0 spiro atoms. The van der Waals surface area contributed by atoms with Crippen LogP contribution in [0.1, 0.15) is 6.92 Å². The molecule has 0 aromatic heterocycles. The molecule has 1 aliphatic rings. The van der Waals surface area contributed by atoms with E-state index in [0.717, 1.165) is 6.67 Å². The van der Waals surface area contributed by atoms with Crippen LogP contribution in [-0.4, -0.2) is 30.2 Å². The molecule has 0 aliphatic carbocycles. The molecule has 1 aliphatic heterocycles. The molecule has 6 heteroatoms. The Labute approximate surface area is 70.8 Å². The highest BCUT2D eigenvalue weighted by molar-refractivity contribution is 4.73. The third-order valence-electron chi connectivity index (χ3n) is 1.47. The normalized spacial score (nSPS) is 20.2. The van der Waals surface area contributed by atoms with E-state index in [1.165, 1.54) is 11.4 Å². The van der Waals surface area contributed by atoms with Crippen molar-refractivity contribution in [3.63, 3.8) is 0 Å². The van der Waals surface area contributed by atoms with E-state index < -0.39 is 5.09 Å². The van der Waals surface area contributed by atoms with Crippen LogP contribution in [0.15, 0.2) is 12.4 Å². The van der Waals surface area contributed by atoms with Gasteiger partial charge in [0.2, 0.25) is 0 Å². The lowest BCUT2D eigenvalue weighted by Crippen LogP contribution is -3.06. The Morgan fingerprint density at radius 2 is 2.17 bits per heavy atom. The molecule has 1 atom stereocenters. The summed E-state index contributed by atoms with van der Waals surface area (Å²) in [6.07, 6.45) is 4.32. The van der Waals surface area contributed by atoms with E-state index in [2.05, 4.69) is 31.3 Å². The minimum absolute atomic E-state index is 1.14. The quantitative estimate of drug-likeness (QED) is 0.411. The van der Waals surface area contributed by atoms with Crippen molar-refractivity contribution in [3.05, 3.63) is 27.7 Å². The summed E-state index contributed by atoms with van der Waals surface area (Å²) in [5, 5.41) is 14.8. The lowest BCUT2D eigenvalue weighted by molar-refractivity contribution is -0.846. The van der Waals surface area contributed by atoms with Gasteiger partial charge in [-0.2, -0.15) is 0 Å². The molecule has 0 amide bonds. The van der Waals surface area contributed by atoms with E-state index in [4.69, 9.17) is 15.3 Å². The highest BCUT2D eigenvalue weighted by Crippen LogP contribution is 1.80. The number of hydrogen-bond donors (Lipinski definition) is 1. The summed E-state index contributed by atoms with van der Waals surface area (Å²) in [5.74, 6) is 0. The molecule has 1 N–H and O–H groups in total. The van der Waals surface area contributed by atoms with E-state index in [1.807, 2.05) is 0 Å². The fraction of sp³-hybridized carbons (Fsp3) is 0.667. The number of hydrogen-bond acceptors (Lipinski definition) is 4. The van der Waals surface area contributed by atoms with Crippen molar-refractivity contribution < 1.29 is 9.99 Å². The minimum atomic E-state index is -1.75. The number of quaternary nitrogens is 1. The van der Waals surface area contributed by atoms with Crippen LogP contribution in [0.5, 0.6) is 0 Å². The van der Waals surface area contributed by atoms with Gasteiger partial charge in [-0.3, -0.25) is 4.90 Å². The fourth-order valence-corrected chi connectivity index (χ4v) is 0.888. The maximum Gasteiger partial charge on any atom is 0.156 e. The van der Waals surface area contributed by atoms with Gasteiger partial charge in [0.1, 0.15) is 6.20 Å². The van der Waals surface area contributed by atoms with Crippen LogP contribution in [-0.2, 0) is 0 Å². The Morgan fingerprint density at radius 1 is 1.67 bits per heavy atom. The van der Waals surface area contributed by atoms with Crippen LogP contribution in [0.4, 0.5) is 0 Å². The third kappa shape index (κ3) is 5.48. The SMILES string of the molecule is CC[NH+]1C=CN(C)C1.O=[N+]([O-])[O-]. The highest BCUT2D eigenvalue weighted by Gasteiger charge is 2.09. The first-order chi connectivity index (χ1) is 5.56. The van der Waals surface area contributed by atoms with Crippen molar-refractivity contribution in [1.29, 1.82) is 0 Å². The van der Waals surface area contributed by atoms with Crippen molar-refractivity contribution in [2.24, 2.45) is 0 Å². The van der Waals surface area contributed by atoms with Crippen molar-refractivity contribution in [3.8, 4) is 0 Å². The lowest BCUT2D eigenvalue weighted by atomic mass is 10.6. The van der Waals surface area contributed by atoms with E-state index in [-0.39, 0.29) is 0 Å². The maximum atomic E-state index is 8.25. The number of nitrogens with zero attached hydrogens (tertiary/aromatic N) is 2. The monoisotopic (exact) mass is 175 g/mol. The van der Waals surface area contributed by atoms with E-state index in [0.29, 0.717) is 0 Å². The summed E-state index contributed by atoms with van der Waals surface area (Å²) < 4.78 is 0. The molecule has 1 unspecified atom stereocenters. The molecular weight excluding hydrogens is 162 g/mol. The van der Waals surface area contributed by atoms with Gasteiger partial charge in [0.05, 0.1) is 17.8 Å². The average Bonchev–Trinajstić information content (AvgIpc) is 2.34. The fourth-order valence-electron chi connectivity index (χ4n) is 0.888. The van der Waals surface area contributed by atoms with Crippen LogP contribution in [0.2, 0.25) is 0 Å². The number of rotatable bonds is 1. The van der Waals surface area contributed by atoms with Crippen LogP contribution >= 0.6 is 0 Å². The first-order valence-electron chi connectivity index (χ1n) is 3.61. The van der Waals surface area contributed by atoms with Gasteiger partial charge in [0, 0.05) is 7.05 Å². The zero-order chi connectivity index (χ0) is 9.56. The zero-order valence-electron chi connectivity index (χ0n) is 7.19. The minimum Gasteiger partial charge on any atom is -0.356 e. The molecule has 70 valence electrons. The van der Waals surface area contributed by atoms with Gasteiger partial charge in [0.25, 0.3) is 0 Å². The van der Waals surface area contributed by atoms with Gasteiger partial charge in [0.15, 0.2) is 6.67 Å². The van der Waals surface area contributed by atoms with Crippen molar-refractivity contribution in [2.75, 3.05) is 20.3 Å². The first-order valence-corrected chi connectivity index (χ1v) is 3.61. The molecule has 0 fully saturated rings. The Balaban J connectivity index is 0.000000261. The standard InChI is InChI=1S/C6H12N2.NO3/c1-3-8-5-4-7(2)6-8;2-1(3)4/h4-5H,3,6H2,1-2H3;/q;-1/p+1. The molecule has 1 heterocycles. The summed E-state index contributed by atoms with van der Waals surface area (Å²) in [5.41, 5.74) is 0. The van der Waals surface area contributed by atoms with Crippen LogP contribution < -0.4 is 4.90 Å². The van der Waals surface area contributed by atoms with Gasteiger partial charge in [-0.25, -0.2) is 0 Å². The summed E-state index contributed by atoms with van der Waals surface area (Å²) in [6.45, 7) is 4.52. The average molecular weight is 175 g/mol. The second kappa shape index (κ2) is 5.36. The Hall–Kier alpha value is -1.30. The van der Waals surface area contributed by atoms with Crippen molar-refractivity contribution in [2.45, 2.75) is 6.92 Å². The Morgan fingerprint density at radius 3 is 2.33 bits per heavy atom. The summed E-state index contributed by atoms with van der Waals surface area (Å²) in [7, 11) is 2.10. The third-order valence-corrected chi connectivity index (χ3v) is 1.47.